The van der Waals surface area contributed by atoms with Gasteiger partial charge in [-0.1, -0.05) is 41.5 Å². The summed E-state index contributed by atoms with van der Waals surface area (Å²) in [5.41, 5.74) is 1.37. The minimum absolute atomic E-state index is 0.0683. The summed E-state index contributed by atoms with van der Waals surface area (Å²) in [6.07, 6.45) is 0.273. The van der Waals surface area contributed by atoms with Gasteiger partial charge in [-0.25, -0.2) is 4.79 Å². The van der Waals surface area contributed by atoms with Crippen LogP contribution in [0.15, 0.2) is 18.2 Å². The number of nitrogens with one attached hydrogen (secondary N) is 4. The summed E-state index contributed by atoms with van der Waals surface area (Å²) in [6, 6.07) is 4.53. The van der Waals surface area contributed by atoms with E-state index >= 15 is 0 Å². The van der Waals surface area contributed by atoms with E-state index in [1.54, 1.807) is 41.7 Å². The van der Waals surface area contributed by atoms with Crippen molar-refractivity contribution in [1.29, 1.82) is 0 Å². The lowest BCUT2D eigenvalue weighted by atomic mass is 10.0. The molecule has 0 aromatic heterocycles. The third kappa shape index (κ3) is 13.8. The number of rotatable bonds is 16. The first-order valence-corrected chi connectivity index (χ1v) is 14.6. The number of ketones is 1. The molecule has 4 amide bonds. The number of urea groups is 1. The molecule has 0 aliphatic heterocycles. The lowest BCUT2D eigenvalue weighted by Crippen LogP contribution is -2.36. The van der Waals surface area contributed by atoms with Gasteiger partial charge >= 0.3 is 6.03 Å². The Kier molecular flexibility index (Phi) is 15.3. The minimum Gasteiger partial charge on any atom is -0.351 e. The molecule has 36 heavy (non-hydrogen) atoms. The molecule has 1 aromatic rings. The number of carbonyl (C=O) groups is 4. The zero-order valence-corrected chi connectivity index (χ0v) is 24.0. The molecule has 0 saturated carbocycles. The predicted octanol–water partition coefficient (Wildman–Crippen LogP) is 3.84. The molecule has 0 aliphatic carbocycles. The van der Waals surface area contributed by atoms with Crippen molar-refractivity contribution in [3.05, 3.63) is 34.9 Å². The van der Waals surface area contributed by atoms with Crippen LogP contribution in [0, 0.1) is 5.92 Å². The second-order valence-electron chi connectivity index (χ2n) is 9.25. The van der Waals surface area contributed by atoms with Crippen molar-refractivity contribution < 1.29 is 19.2 Å². The van der Waals surface area contributed by atoms with E-state index in [1.807, 2.05) is 13.8 Å². The van der Waals surface area contributed by atoms with Crippen LogP contribution in [-0.4, -0.2) is 65.3 Å². The number of amides is 4. The molecule has 10 heteroatoms. The van der Waals surface area contributed by atoms with Crippen molar-refractivity contribution in [2.24, 2.45) is 5.92 Å². The van der Waals surface area contributed by atoms with Gasteiger partial charge in [0.2, 0.25) is 0 Å². The molecule has 1 rings (SSSR count). The second kappa shape index (κ2) is 17.3. The monoisotopic (exact) mass is 538 g/mol. The first-order valence-electron chi connectivity index (χ1n) is 12.5. The van der Waals surface area contributed by atoms with Crippen molar-refractivity contribution >= 4 is 47.2 Å². The first kappa shape index (κ1) is 31.8. The SMILES string of the molecule is CC(C)SCCNC(=O)c1cc(CNC(=O)NCCC(=O)C(C)C)cc(C(=O)NCCSC(C)C)c1. The Morgan fingerprint density at radius 2 is 1.19 bits per heavy atom. The van der Waals surface area contributed by atoms with Crippen LogP contribution in [0.5, 0.6) is 0 Å². The van der Waals surface area contributed by atoms with Crippen LogP contribution in [0.3, 0.4) is 0 Å². The normalized spacial score (nSPS) is 11.0. The van der Waals surface area contributed by atoms with Crippen LogP contribution in [0.1, 0.15) is 74.2 Å². The second-order valence-corrected chi connectivity index (χ2v) is 12.6. The Morgan fingerprint density at radius 1 is 0.694 bits per heavy atom. The van der Waals surface area contributed by atoms with E-state index < -0.39 is 6.03 Å². The first-order chi connectivity index (χ1) is 17.0. The fourth-order valence-electron chi connectivity index (χ4n) is 3.01. The molecule has 0 heterocycles. The Morgan fingerprint density at radius 3 is 1.64 bits per heavy atom. The summed E-state index contributed by atoms with van der Waals surface area (Å²) in [6.45, 7) is 13.5. The molecule has 202 valence electrons. The van der Waals surface area contributed by atoms with E-state index in [4.69, 9.17) is 0 Å². The molecule has 0 unspecified atom stereocenters. The van der Waals surface area contributed by atoms with Crippen LogP contribution >= 0.6 is 23.5 Å². The van der Waals surface area contributed by atoms with Crippen molar-refractivity contribution in [3.8, 4) is 0 Å². The molecule has 8 nitrogen and oxygen atoms in total. The third-order valence-electron chi connectivity index (χ3n) is 4.95. The molecule has 0 fully saturated rings. The van der Waals surface area contributed by atoms with Gasteiger partial charge in [-0.05, 0) is 34.3 Å². The average Bonchev–Trinajstić information content (AvgIpc) is 2.82. The van der Waals surface area contributed by atoms with Gasteiger partial charge in [-0.15, -0.1) is 0 Å². The molecule has 0 aliphatic rings. The highest BCUT2D eigenvalue weighted by Crippen LogP contribution is 2.13. The Bertz CT molecular complexity index is 829. The molecule has 0 saturated heterocycles. The minimum atomic E-state index is -0.413. The summed E-state index contributed by atoms with van der Waals surface area (Å²) in [7, 11) is 0. The van der Waals surface area contributed by atoms with Gasteiger partial charge in [0.05, 0.1) is 0 Å². The smallest absolute Gasteiger partial charge is 0.315 e. The van der Waals surface area contributed by atoms with Crippen LogP contribution in [-0.2, 0) is 11.3 Å². The van der Waals surface area contributed by atoms with Gasteiger partial charge < -0.3 is 21.3 Å². The van der Waals surface area contributed by atoms with E-state index in [0.29, 0.717) is 40.3 Å². The average molecular weight is 539 g/mol. The number of carbonyl (C=O) groups excluding carboxylic acids is 4. The van der Waals surface area contributed by atoms with Crippen LogP contribution in [0.25, 0.3) is 0 Å². The van der Waals surface area contributed by atoms with Crippen LogP contribution in [0.4, 0.5) is 4.79 Å². The van der Waals surface area contributed by atoms with Gasteiger partial charge in [0.15, 0.2) is 0 Å². The number of hydrogen-bond donors (Lipinski definition) is 4. The van der Waals surface area contributed by atoms with Gasteiger partial charge in [0, 0.05) is 61.2 Å². The molecular weight excluding hydrogens is 496 g/mol. The van der Waals surface area contributed by atoms with Crippen molar-refractivity contribution in [2.75, 3.05) is 31.1 Å². The lowest BCUT2D eigenvalue weighted by molar-refractivity contribution is -0.121. The van der Waals surface area contributed by atoms with Gasteiger partial charge in [0.25, 0.3) is 11.8 Å². The fourth-order valence-corrected chi connectivity index (χ4v) is 4.39. The molecule has 4 N–H and O–H groups in total. The predicted molar refractivity (Wildman–Crippen MR) is 151 cm³/mol. The number of Topliss-reactive ketones (excluding diaryl/α,β-unsaturated/α-hetero) is 1. The van der Waals surface area contributed by atoms with Crippen molar-refractivity contribution in [2.45, 2.75) is 65.0 Å². The standard InChI is InChI=1S/C26H42N4O4S2/c1-17(2)23(31)7-8-29-26(34)30-16-20-13-21(24(32)27-9-11-35-18(3)4)15-22(14-20)25(33)28-10-12-36-19(5)6/h13-15,17-19H,7-12,16H2,1-6H3,(H,27,32)(H,28,33)(H2,29,30,34). The zero-order valence-electron chi connectivity index (χ0n) is 22.4. The van der Waals surface area contributed by atoms with Gasteiger partial charge in [-0.3, -0.25) is 14.4 Å². The molecule has 0 radical (unpaired) electrons. The fraction of sp³-hybridized carbons (Fsp3) is 0.615. The Balaban J connectivity index is 2.83. The van der Waals surface area contributed by atoms with E-state index in [2.05, 4.69) is 49.0 Å². The summed E-state index contributed by atoms with van der Waals surface area (Å²) in [5, 5.41) is 12.2. The molecular formula is C26H42N4O4S2. The zero-order chi connectivity index (χ0) is 27.1. The van der Waals surface area contributed by atoms with Crippen LogP contribution in [0.2, 0.25) is 0 Å². The Labute approximate surface area is 224 Å². The number of hydrogen-bond acceptors (Lipinski definition) is 6. The largest absolute Gasteiger partial charge is 0.351 e. The summed E-state index contributed by atoms with van der Waals surface area (Å²) >= 11 is 3.51. The maximum absolute atomic E-state index is 12.8. The summed E-state index contributed by atoms with van der Waals surface area (Å²) in [4.78, 5) is 49.4. The van der Waals surface area contributed by atoms with E-state index in [-0.39, 0.29) is 43.0 Å². The van der Waals surface area contributed by atoms with E-state index in [0.717, 1.165) is 11.5 Å². The summed E-state index contributed by atoms with van der Waals surface area (Å²) in [5.74, 6) is 1.09. The highest BCUT2D eigenvalue weighted by molar-refractivity contribution is 8.00. The summed E-state index contributed by atoms with van der Waals surface area (Å²) < 4.78 is 0. The molecule has 0 bridgehead atoms. The van der Waals surface area contributed by atoms with Crippen molar-refractivity contribution in [3.63, 3.8) is 0 Å². The Hall–Kier alpha value is -2.20. The molecule has 0 spiro atoms. The molecule has 0 atom stereocenters. The quantitative estimate of drug-likeness (QED) is 0.238. The maximum Gasteiger partial charge on any atom is 0.315 e. The third-order valence-corrected chi connectivity index (χ3v) is 7.16. The van der Waals surface area contributed by atoms with E-state index in [9.17, 15) is 19.2 Å². The lowest BCUT2D eigenvalue weighted by Gasteiger charge is -2.13. The van der Waals surface area contributed by atoms with Gasteiger partial charge in [0.1, 0.15) is 5.78 Å². The molecule has 1 aromatic carbocycles. The van der Waals surface area contributed by atoms with E-state index in [1.165, 1.54) is 0 Å². The highest BCUT2D eigenvalue weighted by Gasteiger charge is 2.14. The van der Waals surface area contributed by atoms with Crippen molar-refractivity contribution in [1.82, 2.24) is 21.3 Å². The number of thioether (sulfide) groups is 2. The highest BCUT2D eigenvalue weighted by atomic mass is 32.2. The van der Waals surface area contributed by atoms with Gasteiger partial charge in [-0.2, -0.15) is 23.5 Å². The number of benzene rings is 1. The maximum atomic E-state index is 12.8. The van der Waals surface area contributed by atoms with Crippen LogP contribution < -0.4 is 21.3 Å². The topological polar surface area (TPSA) is 116 Å².